The molecule has 1 atom stereocenters. The Hall–Kier alpha value is -0.870. The van der Waals surface area contributed by atoms with E-state index in [1.807, 2.05) is 25.1 Å². The van der Waals surface area contributed by atoms with Crippen LogP contribution in [-0.4, -0.2) is 18.5 Å². The molecule has 86 valence electrons. The van der Waals surface area contributed by atoms with E-state index in [1.165, 1.54) is 0 Å². The Balaban J connectivity index is 2.02. The molecule has 3 nitrogen and oxygen atoms in total. The molecule has 1 aromatic rings. The summed E-state index contributed by atoms with van der Waals surface area (Å²) in [6.45, 7) is 2.96. The van der Waals surface area contributed by atoms with Crippen LogP contribution in [0.2, 0.25) is 0 Å². The zero-order chi connectivity index (χ0) is 11.5. The lowest BCUT2D eigenvalue weighted by Gasteiger charge is -2.11. The number of carbonyl (C=O) groups is 1. The molecular weight excluding hydrogens is 268 g/mol. The Labute approximate surface area is 104 Å². The SMILES string of the molecule is Cc1ccc(NC(=O)[C@H]2CCCN2)cc1Br. The second kappa shape index (κ2) is 4.97. The highest BCUT2D eigenvalue weighted by Crippen LogP contribution is 2.21. The molecule has 4 heteroatoms. The molecule has 1 aliphatic rings. The van der Waals surface area contributed by atoms with Crippen LogP contribution in [0.3, 0.4) is 0 Å². The van der Waals surface area contributed by atoms with Crippen LogP contribution in [0.1, 0.15) is 18.4 Å². The molecule has 1 heterocycles. The molecule has 0 radical (unpaired) electrons. The second-order valence-corrected chi connectivity index (χ2v) is 4.96. The maximum absolute atomic E-state index is 11.8. The Morgan fingerprint density at radius 1 is 1.56 bits per heavy atom. The van der Waals surface area contributed by atoms with Crippen molar-refractivity contribution in [2.45, 2.75) is 25.8 Å². The lowest BCUT2D eigenvalue weighted by atomic mass is 10.2. The summed E-state index contributed by atoms with van der Waals surface area (Å²) in [5.74, 6) is 0.0632. The van der Waals surface area contributed by atoms with E-state index in [1.54, 1.807) is 0 Å². The van der Waals surface area contributed by atoms with Gasteiger partial charge in [0.15, 0.2) is 0 Å². The molecule has 2 rings (SSSR count). The highest BCUT2D eigenvalue weighted by atomic mass is 79.9. The van der Waals surface area contributed by atoms with Crippen LogP contribution in [0.5, 0.6) is 0 Å². The van der Waals surface area contributed by atoms with Crippen molar-refractivity contribution in [2.24, 2.45) is 0 Å². The predicted octanol–water partition coefficient (Wildman–Crippen LogP) is 2.45. The van der Waals surface area contributed by atoms with E-state index in [-0.39, 0.29) is 11.9 Å². The number of rotatable bonds is 2. The second-order valence-electron chi connectivity index (χ2n) is 4.10. The number of carbonyl (C=O) groups excluding carboxylic acids is 1. The number of benzene rings is 1. The van der Waals surface area contributed by atoms with Crippen LogP contribution >= 0.6 is 15.9 Å². The van der Waals surface area contributed by atoms with Gasteiger partial charge in [-0.05, 0) is 44.0 Å². The van der Waals surface area contributed by atoms with Crippen LogP contribution < -0.4 is 10.6 Å². The van der Waals surface area contributed by atoms with Crippen molar-refractivity contribution in [3.05, 3.63) is 28.2 Å². The summed E-state index contributed by atoms with van der Waals surface area (Å²) in [5.41, 5.74) is 2.01. The van der Waals surface area contributed by atoms with E-state index in [2.05, 4.69) is 26.6 Å². The van der Waals surface area contributed by atoms with Gasteiger partial charge in [-0.2, -0.15) is 0 Å². The van der Waals surface area contributed by atoms with Gasteiger partial charge in [-0.3, -0.25) is 4.79 Å². The van der Waals surface area contributed by atoms with Crippen molar-refractivity contribution in [1.29, 1.82) is 0 Å². The fourth-order valence-corrected chi connectivity index (χ4v) is 2.19. The molecule has 1 amide bonds. The van der Waals surface area contributed by atoms with Gasteiger partial charge in [-0.15, -0.1) is 0 Å². The lowest BCUT2D eigenvalue weighted by Crippen LogP contribution is -2.35. The zero-order valence-corrected chi connectivity index (χ0v) is 10.8. The first kappa shape index (κ1) is 11.6. The van der Waals surface area contributed by atoms with Gasteiger partial charge in [0.25, 0.3) is 0 Å². The summed E-state index contributed by atoms with van der Waals surface area (Å²) in [6.07, 6.45) is 2.01. The number of halogens is 1. The first-order chi connectivity index (χ1) is 7.66. The van der Waals surface area contributed by atoms with Crippen molar-refractivity contribution in [3.8, 4) is 0 Å². The van der Waals surface area contributed by atoms with Crippen LogP contribution in [0, 0.1) is 6.92 Å². The third kappa shape index (κ3) is 2.62. The van der Waals surface area contributed by atoms with Gasteiger partial charge in [0, 0.05) is 10.2 Å². The molecule has 1 saturated heterocycles. The molecule has 2 N–H and O–H groups in total. The molecule has 0 bridgehead atoms. The summed E-state index contributed by atoms with van der Waals surface area (Å²) < 4.78 is 1.02. The minimum Gasteiger partial charge on any atom is -0.325 e. The number of anilines is 1. The molecular formula is C12H15BrN2O. The van der Waals surface area contributed by atoms with Crippen molar-refractivity contribution in [2.75, 3.05) is 11.9 Å². The van der Waals surface area contributed by atoms with E-state index < -0.39 is 0 Å². The van der Waals surface area contributed by atoms with Gasteiger partial charge in [-0.25, -0.2) is 0 Å². The number of hydrogen-bond acceptors (Lipinski definition) is 2. The molecule has 0 saturated carbocycles. The largest absolute Gasteiger partial charge is 0.325 e. The summed E-state index contributed by atoms with van der Waals surface area (Å²) in [4.78, 5) is 11.8. The van der Waals surface area contributed by atoms with Crippen LogP contribution in [0.15, 0.2) is 22.7 Å². The molecule has 1 fully saturated rings. The van der Waals surface area contributed by atoms with Gasteiger partial charge < -0.3 is 10.6 Å². The fraction of sp³-hybridized carbons (Fsp3) is 0.417. The number of amides is 1. The quantitative estimate of drug-likeness (QED) is 0.875. The van der Waals surface area contributed by atoms with Gasteiger partial charge in [0.05, 0.1) is 6.04 Å². The molecule has 0 aliphatic carbocycles. The lowest BCUT2D eigenvalue weighted by molar-refractivity contribution is -0.117. The summed E-state index contributed by atoms with van der Waals surface area (Å²) >= 11 is 3.45. The predicted molar refractivity (Wildman–Crippen MR) is 68.5 cm³/mol. The highest BCUT2D eigenvalue weighted by molar-refractivity contribution is 9.10. The average molecular weight is 283 g/mol. The smallest absolute Gasteiger partial charge is 0.241 e. The van der Waals surface area contributed by atoms with E-state index in [4.69, 9.17) is 0 Å². The van der Waals surface area contributed by atoms with Crippen LogP contribution in [-0.2, 0) is 4.79 Å². The summed E-state index contributed by atoms with van der Waals surface area (Å²) in [7, 11) is 0. The van der Waals surface area contributed by atoms with Crippen LogP contribution in [0.4, 0.5) is 5.69 Å². The molecule has 16 heavy (non-hydrogen) atoms. The standard InChI is InChI=1S/C12H15BrN2O/c1-8-4-5-9(7-10(8)13)15-12(16)11-3-2-6-14-11/h4-5,7,11,14H,2-3,6H2,1H3,(H,15,16)/t11-/m1/s1. The number of hydrogen-bond donors (Lipinski definition) is 2. The molecule has 1 aromatic carbocycles. The first-order valence-electron chi connectivity index (χ1n) is 5.47. The average Bonchev–Trinajstić information content (AvgIpc) is 2.77. The highest BCUT2D eigenvalue weighted by Gasteiger charge is 2.21. The molecule has 0 spiro atoms. The maximum Gasteiger partial charge on any atom is 0.241 e. The summed E-state index contributed by atoms with van der Waals surface area (Å²) in [6, 6.07) is 5.82. The van der Waals surface area contributed by atoms with Crippen molar-refractivity contribution in [1.82, 2.24) is 5.32 Å². The minimum absolute atomic E-state index is 0.0277. The van der Waals surface area contributed by atoms with E-state index in [9.17, 15) is 4.79 Å². The van der Waals surface area contributed by atoms with Gasteiger partial charge in [0.1, 0.15) is 0 Å². The van der Waals surface area contributed by atoms with Gasteiger partial charge in [0.2, 0.25) is 5.91 Å². The Bertz CT molecular complexity index is 400. The van der Waals surface area contributed by atoms with Crippen molar-refractivity contribution >= 4 is 27.5 Å². The summed E-state index contributed by atoms with van der Waals surface area (Å²) in [5, 5.41) is 6.10. The third-order valence-corrected chi connectivity index (χ3v) is 3.67. The number of aryl methyl sites for hydroxylation is 1. The minimum atomic E-state index is -0.0277. The van der Waals surface area contributed by atoms with E-state index >= 15 is 0 Å². The first-order valence-corrected chi connectivity index (χ1v) is 6.26. The third-order valence-electron chi connectivity index (χ3n) is 2.82. The molecule has 0 unspecified atom stereocenters. The topological polar surface area (TPSA) is 41.1 Å². The van der Waals surface area contributed by atoms with Gasteiger partial charge >= 0.3 is 0 Å². The fourth-order valence-electron chi connectivity index (χ4n) is 1.81. The van der Waals surface area contributed by atoms with Crippen molar-refractivity contribution < 1.29 is 4.79 Å². The zero-order valence-electron chi connectivity index (χ0n) is 9.22. The Kier molecular flexibility index (Phi) is 3.61. The maximum atomic E-state index is 11.8. The van der Waals surface area contributed by atoms with Crippen molar-refractivity contribution in [3.63, 3.8) is 0 Å². The Morgan fingerprint density at radius 3 is 3.00 bits per heavy atom. The van der Waals surface area contributed by atoms with E-state index in [0.717, 1.165) is 35.1 Å². The normalized spacial score (nSPS) is 19.8. The van der Waals surface area contributed by atoms with E-state index in [0.29, 0.717) is 0 Å². The Morgan fingerprint density at radius 2 is 2.38 bits per heavy atom. The monoisotopic (exact) mass is 282 g/mol. The molecule has 1 aliphatic heterocycles. The van der Waals surface area contributed by atoms with Gasteiger partial charge in [-0.1, -0.05) is 22.0 Å². The number of nitrogens with one attached hydrogen (secondary N) is 2. The molecule has 0 aromatic heterocycles. The van der Waals surface area contributed by atoms with Crippen LogP contribution in [0.25, 0.3) is 0 Å².